The van der Waals surface area contributed by atoms with Crippen molar-refractivity contribution in [1.82, 2.24) is 14.9 Å². The number of carbonyl (C=O) groups excluding carboxylic acids is 1. The molecule has 0 aliphatic carbocycles. The number of nitrogens with one attached hydrogen (secondary N) is 1. The highest BCUT2D eigenvalue weighted by Gasteiger charge is 2.20. The Kier molecular flexibility index (Phi) is 3.23. The standard InChI is InChI=1S/C13H15N3O/c1-10(11-6-4-3-5-7-11)16(2)13(17)12-14-8-9-15-12/h3-10H,1-2H3,(H,14,15)/t10-/m1/s1. The molecule has 4 nitrogen and oxygen atoms in total. The van der Waals surface area contributed by atoms with Gasteiger partial charge in [-0.25, -0.2) is 4.98 Å². The minimum atomic E-state index is -0.105. The zero-order valence-corrected chi connectivity index (χ0v) is 9.92. The van der Waals surface area contributed by atoms with Crippen molar-refractivity contribution in [3.63, 3.8) is 0 Å². The van der Waals surface area contributed by atoms with E-state index >= 15 is 0 Å². The van der Waals surface area contributed by atoms with Crippen LogP contribution in [0.2, 0.25) is 0 Å². The summed E-state index contributed by atoms with van der Waals surface area (Å²) in [7, 11) is 1.78. The Balaban J connectivity index is 2.15. The fourth-order valence-corrected chi connectivity index (χ4v) is 1.68. The second-order valence-electron chi connectivity index (χ2n) is 3.94. The number of rotatable bonds is 3. The van der Waals surface area contributed by atoms with E-state index in [9.17, 15) is 4.79 Å². The maximum Gasteiger partial charge on any atom is 0.289 e. The van der Waals surface area contributed by atoms with Crippen LogP contribution < -0.4 is 0 Å². The molecule has 0 bridgehead atoms. The van der Waals surface area contributed by atoms with Gasteiger partial charge >= 0.3 is 0 Å². The number of hydrogen-bond donors (Lipinski definition) is 1. The molecule has 1 amide bonds. The lowest BCUT2D eigenvalue weighted by Gasteiger charge is -2.24. The number of aromatic nitrogens is 2. The highest BCUT2D eigenvalue weighted by atomic mass is 16.2. The number of amides is 1. The summed E-state index contributed by atoms with van der Waals surface area (Å²) in [5.41, 5.74) is 1.11. The van der Waals surface area contributed by atoms with Crippen molar-refractivity contribution >= 4 is 5.91 Å². The maximum atomic E-state index is 12.1. The van der Waals surface area contributed by atoms with Crippen LogP contribution in [0, 0.1) is 0 Å². The van der Waals surface area contributed by atoms with E-state index < -0.39 is 0 Å². The van der Waals surface area contributed by atoms with Crippen LogP contribution in [0.1, 0.15) is 29.1 Å². The van der Waals surface area contributed by atoms with E-state index in [0.29, 0.717) is 5.82 Å². The first-order valence-electron chi connectivity index (χ1n) is 5.51. The lowest BCUT2D eigenvalue weighted by molar-refractivity contribution is 0.0731. The molecule has 1 N–H and O–H groups in total. The molecule has 0 spiro atoms. The molecular weight excluding hydrogens is 214 g/mol. The molecule has 1 aromatic heterocycles. The van der Waals surface area contributed by atoms with Gasteiger partial charge < -0.3 is 9.88 Å². The third-order valence-corrected chi connectivity index (χ3v) is 2.88. The zero-order valence-electron chi connectivity index (χ0n) is 9.92. The van der Waals surface area contributed by atoms with Crippen molar-refractivity contribution in [2.45, 2.75) is 13.0 Å². The topological polar surface area (TPSA) is 49.0 Å². The van der Waals surface area contributed by atoms with Gasteiger partial charge in [0.1, 0.15) is 0 Å². The molecular formula is C13H15N3O. The number of hydrogen-bond acceptors (Lipinski definition) is 2. The van der Waals surface area contributed by atoms with Gasteiger partial charge in [-0.3, -0.25) is 4.79 Å². The summed E-state index contributed by atoms with van der Waals surface area (Å²) < 4.78 is 0. The average molecular weight is 229 g/mol. The fraction of sp³-hybridized carbons (Fsp3) is 0.231. The van der Waals surface area contributed by atoms with Gasteiger partial charge in [0.2, 0.25) is 0 Å². The van der Waals surface area contributed by atoms with Crippen molar-refractivity contribution < 1.29 is 4.79 Å². The van der Waals surface area contributed by atoms with E-state index in [-0.39, 0.29) is 11.9 Å². The van der Waals surface area contributed by atoms with Crippen molar-refractivity contribution in [3.05, 3.63) is 54.1 Å². The number of carbonyl (C=O) groups is 1. The molecule has 88 valence electrons. The Hall–Kier alpha value is -2.10. The van der Waals surface area contributed by atoms with Gasteiger partial charge in [-0.15, -0.1) is 0 Å². The van der Waals surface area contributed by atoms with Gasteiger partial charge in [-0.2, -0.15) is 0 Å². The van der Waals surface area contributed by atoms with Crippen LogP contribution in [-0.4, -0.2) is 27.8 Å². The van der Waals surface area contributed by atoms with Crippen LogP contribution in [0.3, 0.4) is 0 Å². The van der Waals surface area contributed by atoms with Crippen LogP contribution in [0.25, 0.3) is 0 Å². The summed E-state index contributed by atoms with van der Waals surface area (Å²) in [6, 6.07) is 9.94. The predicted molar refractivity (Wildman–Crippen MR) is 65.5 cm³/mol. The summed E-state index contributed by atoms with van der Waals surface area (Å²) in [5, 5.41) is 0. The Morgan fingerprint density at radius 1 is 1.35 bits per heavy atom. The van der Waals surface area contributed by atoms with Gasteiger partial charge in [-0.05, 0) is 12.5 Å². The third kappa shape index (κ3) is 2.36. The summed E-state index contributed by atoms with van der Waals surface area (Å²) >= 11 is 0. The molecule has 1 heterocycles. The number of nitrogens with zero attached hydrogens (tertiary/aromatic N) is 2. The van der Waals surface area contributed by atoms with Crippen molar-refractivity contribution in [1.29, 1.82) is 0 Å². The van der Waals surface area contributed by atoms with E-state index in [1.165, 1.54) is 0 Å². The number of benzene rings is 1. The van der Waals surface area contributed by atoms with E-state index in [0.717, 1.165) is 5.56 Å². The minimum Gasteiger partial charge on any atom is -0.341 e. The van der Waals surface area contributed by atoms with Crippen LogP contribution in [0.4, 0.5) is 0 Å². The molecule has 2 aromatic rings. The second-order valence-corrected chi connectivity index (χ2v) is 3.94. The molecule has 1 atom stereocenters. The van der Waals surface area contributed by atoms with Gasteiger partial charge in [0.15, 0.2) is 5.82 Å². The smallest absolute Gasteiger partial charge is 0.289 e. The van der Waals surface area contributed by atoms with Crippen LogP contribution >= 0.6 is 0 Å². The normalized spacial score (nSPS) is 12.1. The lowest BCUT2D eigenvalue weighted by atomic mass is 10.1. The van der Waals surface area contributed by atoms with Gasteiger partial charge in [-0.1, -0.05) is 30.3 Å². The van der Waals surface area contributed by atoms with Crippen LogP contribution in [0.5, 0.6) is 0 Å². The molecule has 0 fully saturated rings. The van der Waals surface area contributed by atoms with Crippen molar-refractivity contribution in [2.24, 2.45) is 0 Å². The molecule has 0 saturated heterocycles. The molecule has 4 heteroatoms. The van der Waals surface area contributed by atoms with Crippen molar-refractivity contribution in [2.75, 3.05) is 7.05 Å². The quantitative estimate of drug-likeness (QED) is 0.877. The zero-order chi connectivity index (χ0) is 12.3. The summed E-state index contributed by atoms with van der Waals surface area (Å²) in [6.45, 7) is 2.00. The molecule has 0 saturated carbocycles. The van der Waals surface area contributed by atoms with E-state index in [4.69, 9.17) is 0 Å². The highest BCUT2D eigenvalue weighted by Crippen LogP contribution is 2.19. The maximum absolute atomic E-state index is 12.1. The van der Waals surface area contributed by atoms with E-state index in [1.807, 2.05) is 37.3 Å². The lowest BCUT2D eigenvalue weighted by Crippen LogP contribution is -2.30. The Morgan fingerprint density at radius 3 is 2.65 bits per heavy atom. The Morgan fingerprint density at radius 2 is 2.06 bits per heavy atom. The largest absolute Gasteiger partial charge is 0.341 e. The van der Waals surface area contributed by atoms with Crippen LogP contribution in [-0.2, 0) is 0 Å². The molecule has 0 aliphatic heterocycles. The molecule has 0 radical (unpaired) electrons. The third-order valence-electron chi connectivity index (χ3n) is 2.88. The summed E-state index contributed by atoms with van der Waals surface area (Å²) in [5.74, 6) is 0.265. The number of imidazole rings is 1. The first kappa shape index (κ1) is 11.4. The molecule has 17 heavy (non-hydrogen) atoms. The molecule has 0 unspecified atom stereocenters. The van der Waals surface area contributed by atoms with Crippen LogP contribution in [0.15, 0.2) is 42.7 Å². The molecule has 0 aliphatic rings. The minimum absolute atomic E-state index is 0.0220. The first-order chi connectivity index (χ1) is 8.20. The van der Waals surface area contributed by atoms with Crippen molar-refractivity contribution in [3.8, 4) is 0 Å². The highest BCUT2D eigenvalue weighted by molar-refractivity contribution is 5.90. The molecule has 2 rings (SSSR count). The number of aromatic amines is 1. The second kappa shape index (κ2) is 4.82. The average Bonchev–Trinajstić information content (AvgIpc) is 2.91. The van der Waals surface area contributed by atoms with Gasteiger partial charge in [0.05, 0.1) is 6.04 Å². The SMILES string of the molecule is C[C@H](c1ccccc1)N(C)C(=O)c1ncc[nH]1. The predicted octanol–water partition coefficient (Wildman–Crippen LogP) is 2.24. The van der Waals surface area contributed by atoms with E-state index in [2.05, 4.69) is 9.97 Å². The van der Waals surface area contributed by atoms with Gasteiger partial charge in [0.25, 0.3) is 5.91 Å². The van der Waals surface area contributed by atoms with E-state index in [1.54, 1.807) is 24.3 Å². The summed E-state index contributed by atoms with van der Waals surface area (Å²) in [4.78, 5) is 20.5. The Bertz CT molecular complexity index is 479. The molecule has 1 aromatic carbocycles. The summed E-state index contributed by atoms with van der Waals surface area (Å²) in [6.07, 6.45) is 3.22. The first-order valence-corrected chi connectivity index (χ1v) is 5.51. The number of H-pyrrole nitrogens is 1. The fourth-order valence-electron chi connectivity index (χ4n) is 1.68. The Labute approximate surface area is 100 Å². The van der Waals surface area contributed by atoms with Gasteiger partial charge in [0, 0.05) is 19.4 Å². The monoisotopic (exact) mass is 229 g/mol.